The fraction of sp³-hybridized carbons (Fsp3) is 0.400. The third-order valence-electron chi connectivity index (χ3n) is 1.69. The van der Waals surface area contributed by atoms with Crippen LogP contribution in [0.2, 0.25) is 0 Å². The number of para-hydroxylation sites is 1. The molecular weight excluding hydrogens is 180 g/mol. The predicted molar refractivity (Wildman–Crippen MR) is 56.5 cm³/mol. The van der Waals surface area contributed by atoms with E-state index in [2.05, 4.69) is 6.92 Å². The fourth-order valence-electron chi connectivity index (χ4n) is 0.932. The summed E-state index contributed by atoms with van der Waals surface area (Å²) in [6.45, 7) is 3.00. The highest BCUT2D eigenvalue weighted by Crippen LogP contribution is 2.07. The average Bonchev–Trinajstić information content (AvgIpc) is 2.19. The Labute approximate surface area is 81.9 Å². The monoisotopic (exact) mass is 196 g/mol. The van der Waals surface area contributed by atoms with Crippen LogP contribution in [0.5, 0.6) is 5.75 Å². The van der Waals surface area contributed by atoms with E-state index in [1.54, 1.807) is 0 Å². The zero-order valence-electron chi connectivity index (χ0n) is 8.03. The van der Waals surface area contributed by atoms with Gasteiger partial charge >= 0.3 is 10.0 Å². The molecule has 0 aliphatic rings. The van der Waals surface area contributed by atoms with Gasteiger partial charge in [0.1, 0.15) is 5.75 Å². The third-order valence-corrected chi connectivity index (χ3v) is 2.60. The summed E-state index contributed by atoms with van der Waals surface area (Å²) in [4.78, 5) is 0. The summed E-state index contributed by atoms with van der Waals surface area (Å²) >= 11 is 0. The number of hydrogen-bond acceptors (Lipinski definition) is 2. The van der Waals surface area contributed by atoms with Crippen molar-refractivity contribution in [1.29, 1.82) is 0 Å². The van der Waals surface area contributed by atoms with Crippen molar-refractivity contribution in [3.63, 3.8) is 0 Å². The van der Waals surface area contributed by atoms with Crippen molar-refractivity contribution in [1.82, 2.24) is 0 Å². The lowest BCUT2D eigenvalue weighted by Gasteiger charge is -2.05. The Morgan fingerprint density at radius 1 is 1.23 bits per heavy atom. The van der Waals surface area contributed by atoms with Gasteiger partial charge in [0, 0.05) is 6.61 Å². The van der Waals surface area contributed by atoms with Crippen LogP contribution in [-0.4, -0.2) is 16.6 Å². The molecule has 0 saturated heterocycles. The Kier molecular flexibility index (Phi) is 5.29. The van der Waals surface area contributed by atoms with Crippen molar-refractivity contribution in [2.45, 2.75) is 19.8 Å². The van der Waals surface area contributed by atoms with Gasteiger partial charge in [0.25, 0.3) is 0 Å². The first-order valence-corrected chi connectivity index (χ1v) is 5.84. The van der Waals surface area contributed by atoms with Gasteiger partial charge in [0.15, 0.2) is 0 Å². The summed E-state index contributed by atoms with van der Waals surface area (Å²) in [6.07, 6.45) is 2.31. The highest BCUT2D eigenvalue weighted by atomic mass is 28.3. The van der Waals surface area contributed by atoms with E-state index in [1.165, 1.54) is 6.42 Å². The molecule has 3 heteroatoms. The molecule has 0 atom stereocenters. The van der Waals surface area contributed by atoms with E-state index in [9.17, 15) is 0 Å². The molecule has 72 valence electrons. The van der Waals surface area contributed by atoms with E-state index < -0.39 is 10.0 Å². The molecule has 0 radical (unpaired) electrons. The molecule has 0 bridgehead atoms. The molecule has 0 unspecified atom stereocenters. The van der Waals surface area contributed by atoms with Gasteiger partial charge in [-0.15, -0.1) is 0 Å². The molecule has 1 aromatic carbocycles. The van der Waals surface area contributed by atoms with E-state index in [-0.39, 0.29) is 0 Å². The number of hydrogen-bond donors (Lipinski definition) is 0. The lowest BCUT2D eigenvalue weighted by atomic mass is 10.3. The minimum Gasteiger partial charge on any atom is -0.525 e. The lowest BCUT2D eigenvalue weighted by molar-refractivity contribution is 0.283. The van der Waals surface area contributed by atoms with E-state index >= 15 is 0 Å². The quantitative estimate of drug-likeness (QED) is 0.511. The van der Waals surface area contributed by atoms with Gasteiger partial charge in [-0.05, 0) is 18.6 Å². The van der Waals surface area contributed by atoms with E-state index in [0.29, 0.717) is 0 Å². The average molecular weight is 196 g/mol. The molecule has 0 saturated carbocycles. The van der Waals surface area contributed by atoms with Crippen LogP contribution in [0.15, 0.2) is 30.3 Å². The van der Waals surface area contributed by atoms with Crippen LogP contribution >= 0.6 is 0 Å². The second-order valence-electron chi connectivity index (χ2n) is 2.84. The molecule has 2 nitrogen and oxygen atoms in total. The molecule has 0 fully saturated rings. The molecule has 1 aromatic rings. The van der Waals surface area contributed by atoms with Crippen LogP contribution < -0.4 is 4.43 Å². The Bertz CT molecular complexity index is 213. The summed E-state index contributed by atoms with van der Waals surface area (Å²) in [5.41, 5.74) is 0. The van der Waals surface area contributed by atoms with Gasteiger partial charge in [0.05, 0.1) is 0 Å². The van der Waals surface area contributed by atoms with Crippen molar-refractivity contribution in [2.24, 2.45) is 0 Å². The minimum atomic E-state index is -0.807. The predicted octanol–water partition coefficient (Wildman–Crippen LogP) is 1.88. The maximum absolute atomic E-state index is 5.47. The Hall–Kier alpha value is -0.803. The summed E-state index contributed by atoms with van der Waals surface area (Å²) in [7, 11) is -0.807. The van der Waals surface area contributed by atoms with Gasteiger partial charge < -0.3 is 8.85 Å². The first-order chi connectivity index (χ1) is 6.43. The highest BCUT2D eigenvalue weighted by molar-refractivity contribution is 6.19. The smallest absolute Gasteiger partial charge is 0.365 e. The third kappa shape index (κ3) is 4.70. The normalized spacial score (nSPS) is 10.8. The van der Waals surface area contributed by atoms with Gasteiger partial charge in [-0.25, -0.2) is 0 Å². The largest absolute Gasteiger partial charge is 0.525 e. The molecule has 0 spiro atoms. The second-order valence-corrected chi connectivity index (χ2v) is 3.77. The maximum atomic E-state index is 5.47. The van der Waals surface area contributed by atoms with Crippen LogP contribution in [0.1, 0.15) is 19.8 Å². The number of rotatable bonds is 6. The standard InChI is InChI=1S/C10H16O2Si/c1-2-3-9-11-13-12-10-7-5-4-6-8-10/h4-8H,2-3,9,13H2,1H3. The van der Waals surface area contributed by atoms with Gasteiger partial charge in [-0.1, -0.05) is 31.5 Å². The molecule has 0 amide bonds. The second kappa shape index (κ2) is 6.68. The number of benzene rings is 1. The summed E-state index contributed by atoms with van der Waals surface area (Å²) < 4.78 is 10.9. The van der Waals surface area contributed by atoms with Crippen LogP contribution in [0.25, 0.3) is 0 Å². The summed E-state index contributed by atoms with van der Waals surface area (Å²) in [5.74, 6) is 0.922. The molecule has 0 aromatic heterocycles. The zero-order valence-corrected chi connectivity index (χ0v) is 9.45. The zero-order chi connectivity index (χ0) is 9.36. The molecule has 1 rings (SSSR count). The number of unbranched alkanes of at least 4 members (excludes halogenated alkanes) is 1. The summed E-state index contributed by atoms with van der Waals surface area (Å²) in [5, 5.41) is 0. The van der Waals surface area contributed by atoms with E-state index in [0.717, 1.165) is 18.8 Å². The first-order valence-electron chi connectivity index (χ1n) is 4.69. The maximum Gasteiger partial charge on any atom is 0.365 e. The van der Waals surface area contributed by atoms with Gasteiger partial charge in [0.2, 0.25) is 0 Å². The Balaban J connectivity index is 2.07. The van der Waals surface area contributed by atoms with Gasteiger partial charge in [-0.3, -0.25) is 0 Å². The molecule has 0 N–H and O–H groups in total. The van der Waals surface area contributed by atoms with Crippen molar-refractivity contribution in [2.75, 3.05) is 6.61 Å². The molecule has 13 heavy (non-hydrogen) atoms. The van der Waals surface area contributed by atoms with Crippen LogP contribution in [0, 0.1) is 0 Å². The fourth-order valence-corrected chi connectivity index (χ4v) is 1.67. The SMILES string of the molecule is CCCCO[SiH2]Oc1ccccc1. The topological polar surface area (TPSA) is 18.5 Å². The molecule has 0 heterocycles. The Morgan fingerprint density at radius 2 is 2.00 bits per heavy atom. The van der Waals surface area contributed by atoms with Gasteiger partial charge in [-0.2, -0.15) is 0 Å². The minimum absolute atomic E-state index is 0.807. The van der Waals surface area contributed by atoms with Crippen LogP contribution in [-0.2, 0) is 4.43 Å². The van der Waals surface area contributed by atoms with E-state index in [1.807, 2.05) is 30.3 Å². The molecule has 0 aliphatic heterocycles. The van der Waals surface area contributed by atoms with E-state index in [4.69, 9.17) is 8.85 Å². The van der Waals surface area contributed by atoms with Crippen LogP contribution in [0.3, 0.4) is 0 Å². The molecule has 0 aliphatic carbocycles. The van der Waals surface area contributed by atoms with Crippen molar-refractivity contribution in [3.05, 3.63) is 30.3 Å². The first kappa shape index (κ1) is 10.3. The van der Waals surface area contributed by atoms with Crippen LogP contribution in [0.4, 0.5) is 0 Å². The van der Waals surface area contributed by atoms with Crippen molar-refractivity contribution < 1.29 is 8.85 Å². The van der Waals surface area contributed by atoms with Crippen molar-refractivity contribution in [3.8, 4) is 5.75 Å². The molecular formula is C10H16O2Si. The highest BCUT2D eigenvalue weighted by Gasteiger charge is 1.91. The summed E-state index contributed by atoms with van der Waals surface area (Å²) in [6, 6.07) is 9.82. The lowest BCUT2D eigenvalue weighted by Crippen LogP contribution is -2.08. The van der Waals surface area contributed by atoms with Crippen molar-refractivity contribution >= 4 is 10.0 Å². The Morgan fingerprint density at radius 3 is 2.69 bits per heavy atom.